The Morgan fingerprint density at radius 1 is 1.13 bits per heavy atom. The van der Waals surface area contributed by atoms with Gasteiger partial charge in [-0.3, -0.25) is 19.3 Å². The number of hydrogen-bond acceptors (Lipinski definition) is 6. The molecule has 1 aliphatic heterocycles. The van der Waals surface area contributed by atoms with E-state index < -0.39 is 0 Å². The zero-order chi connectivity index (χ0) is 22.0. The molecule has 0 bridgehead atoms. The molecule has 0 saturated carbocycles. The Labute approximate surface area is 180 Å². The zero-order valence-electron chi connectivity index (χ0n) is 17.8. The summed E-state index contributed by atoms with van der Waals surface area (Å²) in [6.07, 6.45) is 5.86. The van der Waals surface area contributed by atoms with Crippen molar-refractivity contribution in [2.75, 3.05) is 13.6 Å². The predicted octanol–water partition coefficient (Wildman–Crippen LogP) is 2.73. The normalized spacial score (nSPS) is 20.3. The van der Waals surface area contributed by atoms with Gasteiger partial charge >= 0.3 is 0 Å². The van der Waals surface area contributed by atoms with Gasteiger partial charge in [0.1, 0.15) is 0 Å². The monoisotopic (exact) mass is 422 g/mol. The van der Waals surface area contributed by atoms with Crippen molar-refractivity contribution in [1.82, 2.24) is 19.9 Å². The van der Waals surface area contributed by atoms with E-state index in [1.165, 1.54) is 9.80 Å². The number of allylic oxidation sites excluding steroid dienone is 2. The van der Waals surface area contributed by atoms with Crippen molar-refractivity contribution < 1.29 is 18.9 Å². The van der Waals surface area contributed by atoms with Crippen LogP contribution in [0.25, 0.3) is 11.4 Å². The van der Waals surface area contributed by atoms with Gasteiger partial charge in [0.25, 0.3) is 0 Å². The highest BCUT2D eigenvalue weighted by Crippen LogP contribution is 2.35. The van der Waals surface area contributed by atoms with Crippen LogP contribution in [0.2, 0.25) is 0 Å². The number of amides is 3. The van der Waals surface area contributed by atoms with E-state index in [-0.39, 0.29) is 49.1 Å². The lowest BCUT2D eigenvalue weighted by Crippen LogP contribution is -2.33. The lowest BCUT2D eigenvalue weighted by atomic mass is 9.85. The number of likely N-dealkylation sites (tertiary alicyclic amines) is 1. The molecule has 2 heterocycles. The molecule has 0 radical (unpaired) electrons. The molecule has 31 heavy (non-hydrogen) atoms. The van der Waals surface area contributed by atoms with Crippen LogP contribution in [0.4, 0.5) is 0 Å². The molecule has 162 valence electrons. The molecule has 8 heteroatoms. The van der Waals surface area contributed by atoms with E-state index >= 15 is 0 Å². The average Bonchev–Trinajstić information content (AvgIpc) is 3.33. The largest absolute Gasteiger partial charge is 0.337 e. The summed E-state index contributed by atoms with van der Waals surface area (Å²) in [5.41, 5.74) is 2.00. The van der Waals surface area contributed by atoms with Gasteiger partial charge in [-0.1, -0.05) is 47.1 Å². The Morgan fingerprint density at radius 3 is 2.42 bits per heavy atom. The van der Waals surface area contributed by atoms with Crippen LogP contribution in [0, 0.1) is 18.8 Å². The number of aryl methyl sites for hydroxylation is 1. The maximum Gasteiger partial charge on any atom is 0.246 e. The summed E-state index contributed by atoms with van der Waals surface area (Å²) in [5.74, 6) is 0.0792. The van der Waals surface area contributed by atoms with Crippen LogP contribution in [-0.2, 0) is 20.9 Å². The third-order valence-electron chi connectivity index (χ3n) is 5.95. The van der Waals surface area contributed by atoms with E-state index in [2.05, 4.69) is 10.1 Å². The van der Waals surface area contributed by atoms with Gasteiger partial charge < -0.3 is 9.42 Å². The average molecular weight is 422 g/mol. The van der Waals surface area contributed by atoms with Crippen molar-refractivity contribution in [3.05, 3.63) is 47.9 Å². The number of fused-ring (bicyclic) bond motifs is 1. The Balaban J connectivity index is 1.26. The van der Waals surface area contributed by atoms with E-state index in [9.17, 15) is 14.4 Å². The maximum absolute atomic E-state index is 12.5. The summed E-state index contributed by atoms with van der Waals surface area (Å²) in [6.45, 7) is 2.49. The second-order valence-electron chi connectivity index (χ2n) is 8.22. The molecule has 0 N–H and O–H groups in total. The van der Waals surface area contributed by atoms with Crippen LogP contribution in [-0.4, -0.2) is 51.3 Å². The molecule has 1 aromatic heterocycles. The van der Waals surface area contributed by atoms with E-state index in [0.717, 1.165) is 11.1 Å². The summed E-state index contributed by atoms with van der Waals surface area (Å²) in [4.78, 5) is 44.7. The predicted molar refractivity (Wildman–Crippen MR) is 112 cm³/mol. The summed E-state index contributed by atoms with van der Waals surface area (Å²) in [6, 6.07) is 7.79. The van der Waals surface area contributed by atoms with Crippen LogP contribution in [0.5, 0.6) is 0 Å². The van der Waals surface area contributed by atoms with Crippen LogP contribution in [0.15, 0.2) is 40.9 Å². The SMILES string of the molecule is Cc1ccc(-c2noc(CN(C)C(=O)CCCN3C(=O)[C@@H]4CC=CC[C@H]4C3=O)n2)cc1. The Kier molecular flexibility index (Phi) is 5.97. The number of carbonyl (C=O) groups excluding carboxylic acids is 3. The molecule has 0 unspecified atom stereocenters. The summed E-state index contributed by atoms with van der Waals surface area (Å²) in [5, 5.41) is 3.98. The lowest BCUT2D eigenvalue weighted by Gasteiger charge is -2.17. The quantitative estimate of drug-likeness (QED) is 0.503. The highest BCUT2D eigenvalue weighted by molar-refractivity contribution is 6.05. The van der Waals surface area contributed by atoms with Crippen molar-refractivity contribution in [3.63, 3.8) is 0 Å². The number of hydrogen-bond donors (Lipinski definition) is 0. The molecule has 1 fully saturated rings. The fourth-order valence-corrected chi connectivity index (χ4v) is 4.10. The zero-order valence-corrected chi connectivity index (χ0v) is 17.8. The summed E-state index contributed by atoms with van der Waals surface area (Å²) in [7, 11) is 1.67. The third kappa shape index (κ3) is 4.42. The van der Waals surface area contributed by atoms with E-state index in [1.54, 1.807) is 7.05 Å². The van der Waals surface area contributed by atoms with Crippen molar-refractivity contribution in [2.24, 2.45) is 11.8 Å². The van der Waals surface area contributed by atoms with E-state index in [4.69, 9.17) is 4.52 Å². The molecule has 2 atom stereocenters. The van der Waals surface area contributed by atoms with Crippen molar-refractivity contribution in [2.45, 2.75) is 39.2 Å². The van der Waals surface area contributed by atoms with Gasteiger partial charge in [-0.05, 0) is 26.2 Å². The number of imide groups is 1. The summed E-state index contributed by atoms with van der Waals surface area (Å²) < 4.78 is 5.28. The number of carbonyl (C=O) groups is 3. The van der Waals surface area contributed by atoms with Gasteiger partial charge in [0.15, 0.2) is 0 Å². The Hall–Kier alpha value is -3.29. The number of nitrogens with zero attached hydrogens (tertiary/aromatic N) is 4. The first-order chi connectivity index (χ1) is 14.9. The van der Waals surface area contributed by atoms with Gasteiger partial charge in [-0.25, -0.2) is 0 Å². The number of aromatic nitrogens is 2. The minimum atomic E-state index is -0.226. The fraction of sp³-hybridized carbons (Fsp3) is 0.435. The molecule has 1 saturated heterocycles. The van der Waals surface area contributed by atoms with Crippen LogP contribution < -0.4 is 0 Å². The van der Waals surface area contributed by atoms with Crippen LogP contribution in [0.1, 0.15) is 37.1 Å². The van der Waals surface area contributed by atoms with Crippen molar-refractivity contribution >= 4 is 17.7 Å². The molecule has 8 nitrogen and oxygen atoms in total. The van der Waals surface area contributed by atoms with Gasteiger partial charge in [0.2, 0.25) is 29.4 Å². The molecule has 3 amide bonds. The minimum Gasteiger partial charge on any atom is -0.337 e. The molecular weight excluding hydrogens is 396 g/mol. The molecule has 2 aliphatic rings. The highest BCUT2D eigenvalue weighted by atomic mass is 16.5. The first kappa shape index (κ1) is 21.0. The summed E-state index contributed by atoms with van der Waals surface area (Å²) >= 11 is 0. The number of rotatable bonds is 7. The highest BCUT2D eigenvalue weighted by Gasteiger charge is 2.46. The maximum atomic E-state index is 12.5. The van der Waals surface area contributed by atoms with Gasteiger partial charge in [-0.15, -0.1) is 0 Å². The minimum absolute atomic E-state index is 0.102. The first-order valence-electron chi connectivity index (χ1n) is 10.6. The van der Waals surface area contributed by atoms with Gasteiger partial charge in [-0.2, -0.15) is 4.98 Å². The lowest BCUT2D eigenvalue weighted by molar-refractivity contribution is -0.140. The molecular formula is C23H26N4O4. The standard InChI is InChI=1S/C23H26N4O4/c1-15-9-11-16(12-10-15)21-24-19(31-25-21)14-26(2)20(28)8-5-13-27-22(29)17-6-3-4-7-18(17)23(27)30/h3-4,9-12,17-18H,5-8,13-14H2,1-2H3/t17-,18-/m1/s1. The molecule has 0 spiro atoms. The van der Waals surface area contributed by atoms with Crippen molar-refractivity contribution in [3.8, 4) is 11.4 Å². The number of benzene rings is 1. The third-order valence-corrected chi connectivity index (χ3v) is 5.95. The first-order valence-corrected chi connectivity index (χ1v) is 10.6. The Morgan fingerprint density at radius 2 is 1.77 bits per heavy atom. The molecule has 2 aromatic rings. The van der Waals surface area contributed by atoms with E-state index in [1.807, 2.05) is 43.3 Å². The Bertz CT molecular complexity index is 985. The smallest absolute Gasteiger partial charge is 0.246 e. The van der Waals surface area contributed by atoms with Crippen molar-refractivity contribution in [1.29, 1.82) is 0 Å². The van der Waals surface area contributed by atoms with Crippen LogP contribution >= 0.6 is 0 Å². The van der Waals surface area contributed by atoms with E-state index in [0.29, 0.717) is 31.0 Å². The van der Waals surface area contributed by atoms with Gasteiger partial charge in [0, 0.05) is 25.6 Å². The molecule has 1 aromatic carbocycles. The van der Waals surface area contributed by atoms with Crippen LogP contribution in [0.3, 0.4) is 0 Å². The molecule has 1 aliphatic carbocycles. The second-order valence-corrected chi connectivity index (χ2v) is 8.22. The van der Waals surface area contributed by atoms with Gasteiger partial charge in [0.05, 0.1) is 18.4 Å². The topological polar surface area (TPSA) is 96.6 Å². The fourth-order valence-electron chi connectivity index (χ4n) is 4.10. The molecule has 4 rings (SSSR count). The second kappa shape index (κ2) is 8.83.